The number of benzene rings is 1. The summed E-state index contributed by atoms with van der Waals surface area (Å²) in [7, 11) is 0. The number of thioether (sulfide) groups is 1. The zero-order chi connectivity index (χ0) is 10.1. The molecule has 3 rings (SSSR count). The molecule has 1 N–H and O–H groups in total. The first kappa shape index (κ1) is 12.3. The van der Waals surface area contributed by atoms with Crippen LogP contribution in [-0.4, -0.2) is 17.3 Å². The highest BCUT2D eigenvalue weighted by atomic mass is 35.5. The average molecular weight is 256 g/mol. The molecule has 2 atom stereocenters. The molecule has 0 radical (unpaired) electrons. The Morgan fingerprint density at radius 2 is 1.62 bits per heavy atom. The molecule has 0 aromatic heterocycles. The van der Waals surface area contributed by atoms with Gasteiger partial charge in [-0.05, 0) is 37.8 Å². The van der Waals surface area contributed by atoms with Gasteiger partial charge in [-0.1, -0.05) is 18.2 Å². The van der Waals surface area contributed by atoms with Crippen LogP contribution in [0.2, 0.25) is 0 Å². The van der Waals surface area contributed by atoms with Gasteiger partial charge in [0.05, 0.1) is 0 Å². The van der Waals surface area contributed by atoms with Gasteiger partial charge in [-0.25, -0.2) is 0 Å². The van der Waals surface area contributed by atoms with Crippen molar-refractivity contribution in [1.29, 1.82) is 0 Å². The lowest BCUT2D eigenvalue weighted by molar-refractivity contribution is 0.415. The molecule has 0 saturated carbocycles. The molecule has 1 aromatic carbocycles. The molecule has 88 valence electrons. The largest absolute Gasteiger partial charge is 0.311 e. The van der Waals surface area contributed by atoms with Crippen molar-refractivity contribution < 1.29 is 0 Å². The highest BCUT2D eigenvalue weighted by Crippen LogP contribution is 2.36. The highest BCUT2D eigenvalue weighted by molar-refractivity contribution is 8.00. The summed E-state index contributed by atoms with van der Waals surface area (Å²) in [5, 5.41) is 4.53. The van der Waals surface area contributed by atoms with Crippen LogP contribution in [-0.2, 0) is 0 Å². The van der Waals surface area contributed by atoms with Gasteiger partial charge >= 0.3 is 0 Å². The van der Waals surface area contributed by atoms with E-state index in [2.05, 4.69) is 47.4 Å². The van der Waals surface area contributed by atoms with Gasteiger partial charge in [0.1, 0.15) is 0 Å². The van der Waals surface area contributed by atoms with Gasteiger partial charge in [0.15, 0.2) is 0 Å². The highest BCUT2D eigenvalue weighted by Gasteiger charge is 2.33. The molecule has 2 heterocycles. The first-order valence-corrected chi connectivity index (χ1v) is 6.76. The first-order chi connectivity index (χ1) is 7.40. The summed E-state index contributed by atoms with van der Waals surface area (Å²) in [5.41, 5.74) is 0. The molecule has 2 unspecified atom stereocenters. The molecule has 16 heavy (non-hydrogen) atoms. The van der Waals surface area contributed by atoms with E-state index in [1.54, 1.807) is 0 Å². The summed E-state index contributed by atoms with van der Waals surface area (Å²) in [6.07, 6.45) is 5.51. The minimum atomic E-state index is 0. The third-order valence-corrected chi connectivity index (χ3v) is 4.74. The monoisotopic (exact) mass is 255 g/mol. The molecular formula is C13H18ClNS. The predicted octanol–water partition coefficient (Wildman–Crippen LogP) is 3.48. The maximum Gasteiger partial charge on any atom is 0.0124 e. The van der Waals surface area contributed by atoms with Crippen molar-refractivity contribution in [1.82, 2.24) is 5.32 Å². The van der Waals surface area contributed by atoms with Crippen LogP contribution in [0.4, 0.5) is 0 Å². The summed E-state index contributed by atoms with van der Waals surface area (Å²) in [6.45, 7) is 0. The summed E-state index contributed by atoms with van der Waals surface area (Å²) in [4.78, 5) is 1.43. The van der Waals surface area contributed by atoms with E-state index in [0.29, 0.717) is 0 Å². The SMILES string of the molecule is Cl.c1ccc(SC2CC3CCC(C2)N3)cc1. The van der Waals surface area contributed by atoms with E-state index >= 15 is 0 Å². The number of nitrogens with one attached hydrogen (secondary N) is 1. The second kappa shape index (κ2) is 5.44. The van der Waals surface area contributed by atoms with Crippen molar-refractivity contribution in [2.75, 3.05) is 0 Å². The number of rotatable bonds is 2. The van der Waals surface area contributed by atoms with Gasteiger partial charge in [-0.3, -0.25) is 0 Å². The van der Waals surface area contributed by atoms with E-state index in [0.717, 1.165) is 17.3 Å². The van der Waals surface area contributed by atoms with Crippen molar-refractivity contribution in [2.24, 2.45) is 0 Å². The molecule has 2 bridgehead atoms. The molecule has 2 aliphatic rings. The van der Waals surface area contributed by atoms with Crippen molar-refractivity contribution in [2.45, 2.75) is 47.9 Å². The molecule has 0 aliphatic carbocycles. The second-order valence-corrected chi connectivity index (χ2v) is 6.04. The van der Waals surface area contributed by atoms with Crippen LogP contribution in [0.25, 0.3) is 0 Å². The fraction of sp³-hybridized carbons (Fsp3) is 0.538. The van der Waals surface area contributed by atoms with Crippen LogP contribution in [0, 0.1) is 0 Å². The molecule has 2 fully saturated rings. The summed E-state index contributed by atoms with van der Waals surface area (Å²) < 4.78 is 0. The van der Waals surface area contributed by atoms with Crippen LogP contribution >= 0.6 is 24.2 Å². The normalized spacial score (nSPS) is 32.1. The third kappa shape index (κ3) is 2.73. The van der Waals surface area contributed by atoms with Crippen molar-refractivity contribution in [3.63, 3.8) is 0 Å². The first-order valence-electron chi connectivity index (χ1n) is 5.88. The Kier molecular flexibility index (Phi) is 4.17. The minimum absolute atomic E-state index is 0. The summed E-state index contributed by atoms with van der Waals surface area (Å²) in [5.74, 6) is 0. The topological polar surface area (TPSA) is 12.0 Å². The van der Waals surface area contributed by atoms with Crippen LogP contribution in [0.5, 0.6) is 0 Å². The second-order valence-electron chi connectivity index (χ2n) is 4.66. The number of piperidine rings is 1. The lowest BCUT2D eigenvalue weighted by Crippen LogP contribution is -2.39. The average Bonchev–Trinajstić information content (AvgIpc) is 2.60. The lowest BCUT2D eigenvalue weighted by atomic mass is 10.1. The molecule has 1 aromatic rings. The van der Waals surface area contributed by atoms with Crippen molar-refractivity contribution >= 4 is 24.2 Å². The Bertz CT molecular complexity index is 318. The maximum absolute atomic E-state index is 3.69. The zero-order valence-corrected chi connectivity index (χ0v) is 10.9. The smallest absolute Gasteiger partial charge is 0.0124 e. The molecule has 2 saturated heterocycles. The minimum Gasteiger partial charge on any atom is -0.311 e. The number of halogens is 1. The Balaban J connectivity index is 0.000000963. The van der Waals surface area contributed by atoms with Crippen LogP contribution < -0.4 is 5.32 Å². The molecular weight excluding hydrogens is 238 g/mol. The van der Waals surface area contributed by atoms with Gasteiger partial charge in [0.25, 0.3) is 0 Å². The fourth-order valence-electron chi connectivity index (χ4n) is 2.79. The Morgan fingerprint density at radius 1 is 1.00 bits per heavy atom. The predicted molar refractivity (Wildman–Crippen MR) is 72.5 cm³/mol. The summed E-state index contributed by atoms with van der Waals surface area (Å²) >= 11 is 2.07. The van der Waals surface area contributed by atoms with E-state index in [1.165, 1.54) is 30.6 Å². The number of fused-ring (bicyclic) bond motifs is 2. The molecule has 0 amide bonds. The van der Waals surface area contributed by atoms with Crippen molar-refractivity contribution in [3.8, 4) is 0 Å². The van der Waals surface area contributed by atoms with Crippen molar-refractivity contribution in [3.05, 3.63) is 30.3 Å². The Hall–Kier alpha value is -0.180. The Labute approximate surface area is 108 Å². The zero-order valence-electron chi connectivity index (χ0n) is 9.26. The maximum atomic E-state index is 3.69. The van der Waals surface area contributed by atoms with E-state index < -0.39 is 0 Å². The van der Waals surface area contributed by atoms with Gasteiger partial charge in [0.2, 0.25) is 0 Å². The fourth-order valence-corrected chi connectivity index (χ4v) is 4.15. The Morgan fingerprint density at radius 3 is 2.25 bits per heavy atom. The quantitative estimate of drug-likeness (QED) is 0.868. The summed E-state index contributed by atoms with van der Waals surface area (Å²) in [6, 6.07) is 12.4. The van der Waals surface area contributed by atoms with E-state index in [1.807, 2.05) is 0 Å². The van der Waals surface area contributed by atoms with Gasteiger partial charge in [-0.2, -0.15) is 0 Å². The standard InChI is InChI=1S/C13H17NS.ClH/c1-2-4-12(5-3-1)15-13-8-10-6-7-11(9-13)14-10;/h1-5,10-11,13-14H,6-9H2;1H. The third-order valence-electron chi connectivity index (χ3n) is 3.48. The molecule has 0 spiro atoms. The lowest BCUT2D eigenvalue weighted by Gasteiger charge is -2.28. The van der Waals surface area contributed by atoms with Crippen LogP contribution in [0.1, 0.15) is 25.7 Å². The van der Waals surface area contributed by atoms with E-state index in [9.17, 15) is 0 Å². The van der Waals surface area contributed by atoms with Crippen LogP contribution in [0.3, 0.4) is 0 Å². The molecule has 1 nitrogen and oxygen atoms in total. The number of hydrogen-bond acceptors (Lipinski definition) is 2. The molecule has 3 heteroatoms. The van der Waals surface area contributed by atoms with E-state index in [4.69, 9.17) is 0 Å². The van der Waals surface area contributed by atoms with Gasteiger partial charge < -0.3 is 5.32 Å². The number of hydrogen-bond donors (Lipinski definition) is 1. The van der Waals surface area contributed by atoms with E-state index in [-0.39, 0.29) is 12.4 Å². The van der Waals surface area contributed by atoms with Gasteiger partial charge in [-0.15, -0.1) is 24.2 Å². The van der Waals surface area contributed by atoms with Crippen LogP contribution in [0.15, 0.2) is 35.2 Å². The van der Waals surface area contributed by atoms with Gasteiger partial charge in [0, 0.05) is 22.2 Å². The molecule has 2 aliphatic heterocycles.